The van der Waals surface area contributed by atoms with Crippen LogP contribution in [0.2, 0.25) is 5.02 Å². The molecule has 33 heavy (non-hydrogen) atoms. The second kappa shape index (κ2) is 10.3. The van der Waals surface area contributed by atoms with Crippen LogP contribution >= 0.6 is 11.6 Å². The molecule has 0 aromatic heterocycles. The lowest BCUT2D eigenvalue weighted by Crippen LogP contribution is -2.32. The smallest absolute Gasteiger partial charge is 0.226 e. The third-order valence-corrected chi connectivity index (χ3v) is 6.83. The minimum atomic E-state index is -0.00179. The van der Waals surface area contributed by atoms with E-state index in [1.807, 2.05) is 25.3 Å². The molecule has 0 saturated carbocycles. The molecule has 3 aliphatic rings. The summed E-state index contributed by atoms with van der Waals surface area (Å²) in [7, 11) is 5.27. The Bertz CT molecular complexity index is 990. The highest BCUT2D eigenvalue weighted by atomic mass is 35.5. The Morgan fingerprint density at radius 1 is 1.30 bits per heavy atom. The highest BCUT2D eigenvalue weighted by Crippen LogP contribution is 2.38. The van der Waals surface area contributed by atoms with Crippen molar-refractivity contribution in [2.45, 2.75) is 63.4 Å². The Balaban J connectivity index is 1.62. The van der Waals surface area contributed by atoms with Crippen LogP contribution < -0.4 is 15.0 Å². The summed E-state index contributed by atoms with van der Waals surface area (Å²) in [5.41, 5.74) is 3.84. The number of oxime groups is 1. The summed E-state index contributed by atoms with van der Waals surface area (Å²) < 4.78 is 11.3. The number of halogens is 1. The maximum atomic E-state index is 12.9. The first-order chi connectivity index (χ1) is 15.9. The minimum absolute atomic E-state index is 0.00179. The van der Waals surface area contributed by atoms with Gasteiger partial charge >= 0.3 is 0 Å². The number of anilines is 1. The minimum Gasteiger partial charge on any atom is -0.495 e. The van der Waals surface area contributed by atoms with Gasteiger partial charge in [0.15, 0.2) is 0 Å². The lowest BCUT2D eigenvalue weighted by Gasteiger charge is -2.21. The summed E-state index contributed by atoms with van der Waals surface area (Å²) in [5.74, 6) is 0.561. The third-order valence-electron chi connectivity index (χ3n) is 6.45. The Morgan fingerprint density at radius 3 is 2.88 bits per heavy atom. The zero-order valence-electron chi connectivity index (χ0n) is 19.6. The number of benzene rings is 1. The van der Waals surface area contributed by atoms with Gasteiger partial charge in [0.1, 0.15) is 16.9 Å². The molecule has 1 N–H and O–H groups in total. The van der Waals surface area contributed by atoms with Gasteiger partial charge in [-0.25, -0.2) is 0 Å². The highest BCUT2D eigenvalue weighted by molar-refractivity contribution is 6.35. The standard InChI is InChI=1S/C25H32ClN3O4/c1-15-6-5-7-18(27-2)19-13-17(33-28-19)14-22-21(32-22)8-9-24(30)29(3)20-11-16(10-15)12-23(31-4)25(20)26/h5-7,11-12,17-18,21-22,27H,8-10,13-14H2,1-4H3/b7-5+,15-6+/t17-,18+,21-,22-/m0/s1. The van der Waals surface area contributed by atoms with Crippen molar-refractivity contribution in [1.82, 2.24) is 5.32 Å². The largest absolute Gasteiger partial charge is 0.495 e. The second-order valence-electron chi connectivity index (χ2n) is 8.93. The van der Waals surface area contributed by atoms with Crippen molar-refractivity contribution < 1.29 is 19.1 Å². The average Bonchev–Trinajstić information content (AvgIpc) is 3.37. The van der Waals surface area contributed by atoms with Gasteiger partial charge in [-0.05, 0) is 44.5 Å². The maximum Gasteiger partial charge on any atom is 0.226 e. The summed E-state index contributed by atoms with van der Waals surface area (Å²) in [4.78, 5) is 20.2. The van der Waals surface area contributed by atoms with E-state index in [2.05, 4.69) is 29.5 Å². The molecule has 1 amide bonds. The predicted molar refractivity (Wildman–Crippen MR) is 130 cm³/mol. The van der Waals surface area contributed by atoms with E-state index in [1.165, 1.54) is 5.57 Å². The average molecular weight is 474 g/mol. The number of carbonyl (C=O) groups excluding carboxylic acids is 1. The first-order valence-electron chi connectivity index (χ1n) is 11.4. The molecule has 1 aromatic carbocycles. The van der Waals surface area contributed by atoms with Crippen LogP contribution in [0.3, 0.4) is 0 Å². The fraction of sp³-hybridized carbons (Fsp3) is 0.520. The number of nitrogens with one attached hydrogen (secondary N) is 1. The monoisotopic (exact) mass is 473 g/mol. The van der Waals surface area contributed by atoms with Gasteiger partial charge in [0, 0.05) is 26.3 Å². The molecule has 1 fully saturated rings. The van der Waals surface area contributed by atoms with Crippen LogP contribution in [0, 0.1) is 0 Å². The van der Waals surface area contributed by atoms with Crippen LogP contribution in [0.5, 0.6) is 5.75 Å². The van der Waals surface area contributed by atoms with Gasteiger partial charge < -0.3 is 24.5 Å². The molecule has 3 aliphatic heterocycles. The van der Waals surface area contributed by atoms with Gasteiger partial charge in [0.2, 0.25) is 5.91 Å². The number of hydrogen-bond donors (Lipinski definition) is 1. The van der Waals surface area contributed by atoms with Gasteiger partial charge in [0.05, 0.1) is 36.8 Å². The number of epoxide rings is 1. The van der Waals surface area contributed by atoms with Crippen molar-refractivity contribution in [3.05, 3.63) is 46.5 Å². The summed E-state index contributed by atoms with van der Waals surface area (Å²) >= 11 is 6.57. The van der Waals surface area contributed by atoms with Crippen LogP contribution in [0.15, 0.2) is 41.1 Å². The number of fused-ring (bicyclic) bond motifs is 5. The van der Waals surface area contributed by atoms with Gasteiger partial charge in [0.25, 0.3) is 0 Å². The third kappa shape index (κ3) is 5.60. The fourth-order valence-corrected chi connectivity index (χ4v) is 4.76. The van der Waals surface area contributed by atoms with Gasteiger partial charge in [-0.2, -0.15) is 0 Å². The van der Waals surface area contributed by atoms with E-state index in [1.54, 1.807) is 19.1 Å². The molecule has 0 unspecified atom stereocenters. The van der Waals surface area contributed by atoms with E-state index in [4.69, 9.17) is 25.9 Å². The normalized spacial score (nSPS) is 30.6. The van der Waals surface area contributed by atoms with Crippen molar-refractivity contribution in [2.75, 3.05) is 26.1 Å². The lowest BCUT2D eigenvalue weighted by molar-refractivity contribution is -0.118. The van der Waals surface area contributed by atoms with Crippen molar-refractivity contribution in [2.24, 2.45) is 5.16 Å². The van der Waals surface area contributed by atoms with Crippen molar-refractivity contribution in [3.8, 4) is 5.75 Å². The van der Waals surface area contributed by atoms with E-state index in [9.17, 15) is 4.79 Å². The van der Waals surface area contributed by atoms with Gasteiger partial charge in [-0.15, -0.1) is 0 Å². The Labute approximate surface area is 200 Å². The van der Waals surface area contributed by atoms with Crippen LogP contribution in [0.1, 0.15) is 38.2 Å². The fourth-order valence-electron chi connectivity index (χ4n) is 4.45. The van der Waals surface area contributed by atoms with Crippen molar-refractivity contribution in [1.29, 1.82) is 0 Å². The molecule has 7 nitrogen and oxygen atoms in total. The summed E-state index contributed by atoms with van der Waals surface area (Å²) in [6.07, 6.45) is 9.78. The zero-order chi connectivity index (χ0) is 23.5. The highest BCUT2D eigenvalue weighted by Gasteiger charge is 2.42. The van der Waals surface area contributed by atoms with Gasteiger partial charge in [-0.1, -0.05) is 40.6 Å². The molecule has 4 atom stereocenters. The Morgan fingerprint density at radius 2 is 2.12 bits per heavy atom. The second-order valence-corrected chi connectivity index (χ2v) is 9.30. The molecule has 1 aromatic rings. The lowest BCUT2D eigenvalue weighted by atomic mass is 10.0. The molecule has 1 saturated heterocycles. The van der Waals surface area contributed by atoms with E-state index in [0.29, 0.717) is 35.7 Å². The quantitative estimate of drug-likeness (QED) is 0.656. The first-order valence-corrected chi connectivity index (χ1v) is 11.8. The number of methoxy groups -OCH3 is 1. The maximum absolute atomic E-state index is 12.9. The topological polar surface area (TPSA) is 75.7 Å². The van der Waals surface area contributed by atoms with E-state index in [0.717, 1.165) is 24.1 Å². The number of nitrogens with zero attached hydrogens (tertiary/aromatic N) is 2. The Hall–Kier alpha value is -2.35. The van der Waals surface area contributed by atoms with Crippen molar-refractivity contribution in [3.63, 3.8) is 0 Å². The molecule has 8 heteroatoms. The van der Waals surface area contributed by atoms with Crippen LogP contribution in [0.4, 0.5) is 5.69 Å². The number of hydrogen-bond acceptors (Lipinski definition) is 6. The molecule has 0 spiro atoms. The first kappa shape index (κ1) is 23.8. The molecule has 3 heterocycles. The van der Waals surface area contributed by atoms with E-state index in [-0.39, 0.29) is 30.3 Å². The molecular formula is C25H32ClN3O4. The van der Waals surface area contributed by atoms with Gasteiger partial charge in [-0.3, -0.25) is 4.79 Å². The summed E-state index contributed by atoms with van der Waals surface area (Å²) in [6, 6.07) is 3.92. The molecular weight excluding hydrogens is 442 g/mol. The molecule has 4 rings (SSSR count). The SMILES string of the molecule is CN[C@@H]1/C=C/C=C(\C)Cc2cc(OC)c(Cl)c(c2)N(C)C(=O)CC[C@@H]2O[C@H]2C[C@@H]2CC1=NO2. The molecule has 4 bridgehead atoms. The van der Waals surface area contributed by atoms with E-state index < -0.39 is 0 Å². The van der Waals surface area contributed by atoms with Crippen molar-refractivity contribution >= 4 is 28.9 Å². The van der Waals surface area contributed by atoms with Crippen LogP contribution in [0.25, 0.3) is 0 Å². The number of ether oxygens (including phenoxy) is 2. The number of likely N-dealkylation sites (N-methyl/N-ethyl adjacent to an activating group) is 1. The number of rotatable bonds is 2. The number of amides is 1. The molecule has 178 valence electrons. The molecule has 0 aliphatic carbocycles. The van der Waals surface area contributed by atoms with Crippen LogP contribution in [-0.2, 0) is 20.8 Å². The predicted octanol–water partition coefficient (Wildman–Crippen LogP) is 4.04. The Kier molecular flexibility index (Phi) is 7.41. The number of allylic oxidation sites excluding steroid dienone is 3. The summed E-state index contributed by atoms with van der Waals surface area (Å²) in [5, 5.41) is 8.06. The summed E-state index contributed by atoms with van der Waals surface area (Å²) in [6.45, 7) is 2.08. The zero-order valence-corrected chi connectivity index (χ0v) is 20.4. The van der Waals surface area contributed by atoms with E-state index >= 15 is 0 Å². The van der Waals surface area contributed by atoms with Crippen LogP contribution in [-0.4, -0.2) is 57.2 Å². The number of carbonyl (C=O) groups is 1. The molecule has 0 radical (unpaired) electrons.